The minimum atomic E-state index is -1.17. The van der Waals surface area contributed by atoms with Crippen molar-refractivity contribution >= 4 is 27.9 Å². The summed E-state index contributed by atoms with van der Waals surface area (Å²) in [6.07, 6.45) is 22.5. The summed E-state index contributed by atoms with van der Waals surface area (Å²) in [5.74, 6) is 1.37. The minimum absolute atomic E-state index is 0.0250. The number of carbonyl (C=O) groups is 2. The first kappa shape index (κ1) is 34.1. The Morgan fingerprint density at radius 2 is 1.05 bits per heavy atom. The summed E-state index contributed by atoms with van der Waals surface area (Å²) in [6, 6.07) is 2.94. The van der Waals surface area contributed by atoms with Gasteiger partial charge in [0.25, 0.3) is 0 Å². The van der Waals surface area contributed by atoms with E-state index < -0.39 is 16.1 Å². The van der Waals surface area contributed by atoms with Gasteiger partial charge in [0.2, 0.25) is 0 Å². The van der Waals surface area contributed by atoms with Crippen LogP contribution in [0.25, 0.3) is 0 Å². The first-order valence-corrected chi connectivity index (χ1v) is 24.4. The van der Waals surface area contributed by atoms with Gasteiger partial charge in [-0.05, 0) is 68.4 Å². The molecule has 0 heterocycles. The predicted molar refractivity (Wildman–Crippen MR) is 177 cm³/mol. The molecule has 0 radical (unpaired) electrons. The summed E-state index contributed by atoms with van der Waals surface area (Å²) in [5, 5.41) is 0. The Balaban J connectivity index is 1.32. The van der Waals surface area contributed by atoms with Gasteiger partial charge in [-0.1, -0.05) is 116 Å². The molecule has 0 aromatic rings. The van der Waals surface area contributed by atoms with E-state index in [0.717, 1.165) is 56.0 Å². The van der Waals surface area contributed by atoms with E-state index in [0.29, 0.717) is 11.7 Å². The Labute approximate surface area is 250 Å². The zero-order valence-electron chi connectivity index (χ0n) is 27.5. The van der Waals surface area contributed by atoms with E-state index in [1.807, 2.05) is 0 Å². The van der Waals surface area contributed by atoms with Crippen LogP contribution in [0.1, 0.15) is 136 Å². The predicted octanol–water partition coefficient (Wildman–Crippen LogP) is 11.0. The summed E-state index contributed by atoms with van der Waals surface area (Å²) < 4.78 is 6.07. The van der Waals surface area contributed by atoms with E-state index >= 15 is 0 Å². The molecule has 0 saturated heterocycles. The molecule has 0 bridgehead atoms. The quantitative estimate of drug-likeness (QED) is 0.108. The van der Waals surface area contributed by atoms with Crippen molar-refractivity contribution < 1.29 is 14.3 Å². The molecule has 5 heteroatoms. The highest BCUT2D eigenvalue weighted by atomic mass is 28.3. The van der Waals surface area contributed by atoms with Crippen molar-refractivity contribution in [3.63, 3.8) is 0 Å². The molecule has 3 nitrogen and oxygen atoms in total. The Morgan fingerprint density at radius 3 is 1.52 bits per heavy atom. The number of hydrogen-bond acceptors (Lipinski definition) is 3. The second-order valence-corrected chi connectivity index (χ2v) is 26.3. The van der Waals surface area contributed by atoms with E-state index in [1.54, 1.807) is 0 Å². The van der Waals surface area contributed by atoms with Crippen LogP contribution in [0.5, 0.6) is 0 Å². The lowest BCUT2D eigenvalue weighted by molar-refractivity contribution is -0.157. The molecule has 3 saturated carbocycles. The molecule has 232 valence electrons. The van der Waals surface area contributed by atoms with Crippen molar-refractivity contribution in [3.8, 4) is 0 Å². The number of esters is 1. The maximum absolute atomic E-state index is 13.2. The van der Waals surface area contributed by atoms with Crippen LogP contribution in [-0.4, -0.2) is 34.0 Å². The number of hydrogen-bond donors (Lipinski definition) is 0. The van der Waals surface area contributed by atoms with Gasteiger partial charge < -0.3 is 4.74 Å². The highest BCUT2D eigenvalue weighted by molar-refractivity contribution is 6.79. The third kappa shape index (κ3) is 10.4. The summed E-state index contributed by atoms with van der Waals surface area (Å²) >= 11 is 0. The Morgan fingerprint density at radius 1 is 0.600 bits per heavy atom. The summed E-state index contributed by atoms with van der Waals surface area (Å²) in [4.78, 5) is 26.2. The van der Waals surface area contributed by atoms with Gasteiger partial charge in [0.05, 0.1) is 22.1 Å². The Bertz CT molecular complexity index is 691. The number of Topliss-reactive ketones (excluding diaryl/α,β-unsaturated/α-hetero) is 1. The van der Waals surface area contributed by atoms with Gasteiger partial charge in [0.1, 0.15) is 11.9 Å². The highest BCUT2D eigenvalue weighted by Gasteiger charge is 2.38. The summed E-state index contributed by atoms with van der Waals surface area (Å²) in [7, 11) is -2.29. The average molecular weight is 591 g/mol. The molecule has 40 heavy (non-hydrogen) atoms. The fourth-order valence-electron chi connectivity index (χ4n) is 8.54. The zero-order chi connectivity index (χ0) is 29.2. The molecular weight excluding hydrogens is 525 g/mol. The molecule has 0 spiro atoms. The third-order valence-electron chi connectivity index (χ3n) is 11.9. The SMILES string of the molecule is CCCCC[Si](C)(C)C1CCC(CC(=O)C2CCC(C(=O)OC3CCC([Si](C)(C)CCCCC)CC3)CC2)CC1. The Kier molecular flexibility index (Phi) is 14.0. The standard InChI is InChI=1S/C35H66O3Si2/c1-7-9-11-25-39(3,4)32-21-13-28(14-22-32)27-34(36)29-15-17-30(18-16-29)35(37)38-31-19-23-33(24-20-31)40(5,6)26-12-10-8-2/h28-33H,7-27H2,1-6H3. The second-order valence-electron chi connectivity index (χ2n) is 15.7. The lowest BCUT2D eigenvalue weighted by Crippen LogP contribution is -2.37. The van der Waals surface area contributed by atoms with Crippen LogP contribution in [0.2, 0.25) is 49.4 Å². The van der Waals surface area contributed by atoms with Crippen LogP contribution in [-0.2, 0) is 14.3 Å². The average Bonchev–Trinajstić information content (AvgIpc) is 2.94. The molecule has 3 rings (SSSR count). The molecule has 3 aliphatic rings. The molecule has 0 aliphatic heterocycles. The third-order valence-corrected chi connectivity index (χ3v) is 20.7. The molecule has 3 fully saturated rings. The van der Waals surface area contributed by atoms with E-state index in [4.69, 9.17) is 4.74 Å². The number of rotatable bonds is 15. The normalized spacial score (nSPS) is 30.1. The zero-order valence-corrected chi connectivity index (χ0v) is 29.5. The van der Waals surface area contributed by atoms with Crippen LogP contribution >= 0.6 is 0 Å². The van der Waals surface area contributed by atoms with Crippen molar-refractivity contribution in [2.75, 3.05) is 0 Å². The van der Waals surface area contributed by atoms with Crippen molar-refractivity contribution in [3.05, 3.63) is 0 Å². The van der Waals surface area contributed by atoms with Gasteiger partial charge in [-0.2, -0.15) is 0 Å². The van der Waals surface area contributed by atoms with Gasteiger partial charge in [0.15, 0.2) is 0 Å². The van der Waals surface area contributed by atoms with Crippen molar-refractivity contribution in [2.24, 2.45) is 17.8 Å². The fourth-order valence-corrected chi connectivity index (χ4v) is 15.5. The largest absolute Gasteiger partial charge is 0.462 e. The highest BCUT2D eigenvalue weighted by Crippen LogP contribution is 2.44. The molecule has 0 atom stereocenters. The van der Waals surface area contributed by atoms with E-state index in [2.05, 4.69) is 40.0 Å². The summed E-state index contributed by atoms with van der Waals surface area (Å²) in [6.45, 7) is 15.0. The van der Waals surface area contributed by atoms with Crippen molar-refractivity contribution in [1.29, 1.82) is 0 Å². The molecule has 0 aromatic heterocycles. The molecule has 0 unspecified atom stereocenters. The van der Waals surface area contributed by atoms with Crippen LogP contribution in [0.3, 0.4) is 0 Å². The van der Waals surface area contributed by atoms with E-state index in [9.17, 15) is 9.59 Å². The maximum Gasteiger partial charge on any atom is 0.309 e. The van der Waals surface area contributed by atoms with Crippen LogP contribution < -0.4 is 0 Å². The van der Waals surface area contributed by atoms with Gasteiger partial charge in [-0.3, -0.25) is 9.59 Å². The monoisotopic (exact) mass is 590 g/mol. The maximum atomic E-state index is 13.2. The molecule has 0 amide bonds. The summed E-state index contributed by atoms with van der Waals surface area (Å²) in [5.41, 5.74) is 1.86. The van der Waals surface area contributed by atoms with Gasteiger partial charge in [-0.25, -0.2) is 0 Å². The van der Waals surface area contributed by atoms with Crippen molar-refractivity contribution in [2.45, 2.75) is 191 Å². The van der Waals surface area contributed by atoms with Crippen LogP contribution in [0, 0.1) is 17.8 Å². The first-order chi connectivity index (χ1) is 19.1. The van der Waals surface area contributed by atoms with E-state index in [1.165, 1.54) is 89.1 Å². The first-order valence-electron chi connectivity index (χ1n) is 17.8. The molecule has 0 N–H and O–H groups in total. The van der Waals surface area contributed by atoms with E-state index in [-0.39, 0.29) is 23.9 Å². The molecule has 3 aliphatic carbocycles. The minimum Gasteiger partial charge on any atom is -0.462 e. The van der Waals surface area contributed by atoms with Crippen molar-refractivity contribution in [1.82, 2.24) is 0 Å². The van der Waals surface area contributed by atoms with Crippen LogP contribution in [0.4, 0.5) is 0 Å². The number of carbonyl (C=O) groups excluding carboxylic acids is 2. The second kappa shape index (κ2) is 16.4. The smallest absolute Gasteiger partial charge is 0.309 e. The van der Waals surface area contributed by atoms with Gasteiger partial charge in [-0.15, -0.1) is 0 Å². The van der Waals surface area contributed by atoms with Crippen LogP contribution in [0.15, 0.2) is 0 Å². The van der Waals surface area contributed by atoms with Gasteiger partial charge >= 0.3 is 5.97 Å². The van der Waals surface area contributed by atoms with Gasteiger partial charge in [0, 0.05) is 12.3 Å². The number of ketones is 1. The lowest BCUT2D eigenvalue weighted by Gasteiger charge is -2.39. The number of unbranched alkanes of at least 4 members (excludes halogenated alkanes) is 4. The topological polar surface area (TPSA) is 43.4 Å². The Hall–Kier alpha value is -0.426. The lowest BCUT2D eigenvalue weighted by atomic mass is 9.76. The molecular formula is C35H66O3Si2. The number of ether oxygens (including phenoxy) is 1. The fraction of sp³-hybridized carbons (Fsp3) is 0.943. The molecule has 0 aromatic carbocycles.